The predicted octanol–water partition coefficient (Wildman–Crippen LogP) is 0.856. The van der Waals surface area contributed by atoms with Gasteiger partial charge in [0.25, 0.3) is 0 Å². The second-order valence-corrected chi connectivity index (χ2v) is 3.59. The van der Waals surface area contributed by atoms with Crippen LogP contribution in [0.5, 0.6) is 0 Å². The van der Waals surface area contributed by atoms with Crippen molar-refractivity contribution in [1.82, 2.24) is 5.32 Å². The Kier molecular flexibility index (Phi) is 2.50. The predicted molar refractivity (Wildman–Crippen MR) is 52.5 cm³/mol. The van der Waals surface area contributed by atoms with Crippen LogP contribution in [0.3, 0.4) is 0 Å². The summed E-state index contributed by atoms with van der Waals surface area (Å²) in [4.78, 5) is 11.3. The third-order valence-corrected chi connectivity index (χ3v) is 2.63. The Morgan fingerprint density at radius 3 is 2.64 bits per heavy atom. The molecule has 0 saturated carbocycles. The fourth-order valence-electron chi connectivity index (χ4n) is 1.80. The van der Waals surface area contributed by atoms with E-state index in [9.17, 15) is 4.79 Å². The Morgan fingerprint density at radius 2 is 2.07 bits per heavy atom. The van der Waals surface area contributed by atoms with Crippen LogP contribution in [-0.2, 0) is 4.79 Å². The summed E-state index contributed by atoms with van der Waals surface area (Å²) in [6, 6.07) is 9.90. The van der Waals surface area contributed by atoms with E-state index < -0.39 is 0 Å². The first-order chi connectivity index (χ1) is 6.81. The van der Waals surface area contributed by atoms with Gasteiger partial charge in [0.2, 0.25) is 5.91 Å². The van der Waals surface area contributed by atoms with Crippen molar-refractivity contribution in [3.63, 3.8) is 0 Å². The zero-order valence-electron chi connectivity index (χ0n) is 7.81. The van der Waals surface area contributed by atoms with Gasteiger partial charge < -0.3 is 10.4 Å². The smallest absolute Gasteiger partial charge is 0.226 e. The highest BCUT2D eigenvalue weighted by Gasteiger charge is 2.31. The molecule has 14 heavy (non-hydrogen) atoms. The van der Waals surface area contributed by atoms with E-state index in [1.165, 1.54) is 0 Å². The lowest BCUT2D eigenvalue weighted by Gasteiger charge is -2.09. The van der Waals surface area contributed by atoms with Gasteiger partial charge in [0.05, 0.1) is 18.6 Å². The Hall–Kier alpha value is -1.35. The molecule has 2 N–H and O–H groups in total. The first-order valence-electron chi connectivity index (χ1n) is 4.77. The largest absolute Gasteiger partial charge is 0.396 e. The third kappa shape index (κ3) is 1.63. The van der Waals surface area contributed by atoms with Crippen LogP contribution in [0.1, 0.15) is 18.0 Å². The van der Waals surface area contributed by atoms with E-state index in [2.05, 4.69) is 5.32 Å². The van der Waals surface area contributed by atoms with E-state index >= 15 is 0 Å². The standard InChI is InChI=1S/C11H13NO2/c13-7-9-6-10(12-11(9)14)8-4-2-1-3-5-8/h1-5,9-10,13H,6-7H2,(H,12,14)/t9-,10+/m1/s1. The third-order valence-electron chi connectivity index (χ3n) is 2.63. The zero-order valence-corrected chi connectivity index (χ0v) is 7.81. The number of carbonyl (C=O) groups excluding carboxylic acids is 1. The first-order valence-corrected chi connectivity index (χ1v) is 4.77. The van der Waals surface area contributed by atoms with Gasteiger partial charge in [-0.15, -0.1) is 0 Å². The zero-order chi connectivity index (χ0) is 9.97. The van der Waals surface area contributed by atoms with Gasteiger partial charge in [-0.25, -0.2) is 0 Å². The second-order valence-electron chi connectivity index (χ2n) is 3.59. The van der Waals surface area contributed by atoms with Crippen LogP contribution in [-0.4, -0.2) is 17.6 Å². The summed E-state index contributed by atoms with van der Waals surface area (Å²) in [5.41, 5.74) is 1.11. The van der Waals surface area contributed by atoms with Gasteiger partial charge in [-0.3, -0.25) is 4.79 Å². The lowest BCUT2D eigenvalue weighted by molar-refractivity contribution is -0.123. The highest BCUT2D eigenvalue weighted by atomic mass is 16.3. The van der Waals surface area contributed by atoms with Crippen LogP contribution in [0, 0.1) is 5.92 Å². The molecule has 0 aromatic heterocycles. The van der Waals surface area contributed by atoms with Crippen molar-refractivity contribution in [2.75, 3.05) is 6.61 Å². The summed E-state index contributed by atoms with van der Waals surface area (Å²) < 4.78 is 0. The molecule has 1 saturated heterocycles. The molecule has 0 bridgehead atoms. The van der Waals surface area contributed by atoms with Crippen LogP contribution in [0.4, 0.5) is 0 Å². The van der Waals surface area contributed by atoms with E-state index in [1.807, 2.05) is 30.3 Å². The molecule has 0 aliphatic carbocycles. The van der Waals surface area contributed by atoms with Crippen LogP contribution < -0.4 is 5.32 Å². The van der Waals surface area contributed by atoms with E-state index in [4.69, 9.17) is 5.11 Å². The highest BCUT2D eigenvalue weighted by molar-refractivity contribution is 5.81. The van der Waals surface area contributed by atoms with Crippen molar-refractivity contribution in [3.8, 4) is 0 Å². The molecule has 3 heteroatoms. The van der Waals surface area contributed by atoms with Gasteiger partial charge in [-0.05, 0) is 12.0 Å². The maximum absolute atomic E-state index is 11.3. The van der Waals surface area contributed by atoms with Gasteiger partial charge >= 0.3 is 0 Å². The van der Waals surface area contributed by atoms with Gasteiger partial charge in [-0.1, -0.05) is 30.3 Å². The average molecular weight is 191 g/mol. The molecular weight excluding hydrogens is 178 g/mol. The minimum atomic E-state index is -0.236. The highest BCUT2D eigenvalue weighted by Crippen LogP contribution is 2.27. The van der Waals surface area contributed by atoms with Crippen molar-refractivity contribution in [1.29, 1.82) is 0 Å². The van der Waals surface area contributed by atoms with Crippen LogP contribution >= 0.6 is 0 Å². The molecular formula is C11H13NO2. The topological polar surface area (TPSA) is 49.3 Å². The quantitative estimate of drug-likeness (QED) is 0.728. The monoisotopic (exact) mass is 191 g/mol. The molecule has 0 spiro atoms. The molecule has 2 rings (SSSR count). The molecule has 1 aliphatic heterocycles. The van der Waals surface area contributed by atoms with Crippen LogP contribution in [0.25, 0.3) is 0 Å². The summed E-state index contributed by atoms with van der Waals surface area (Å²) in [5.74, 6) is -0.276. The average Bonchev–Trinajstić information content (AvgIpc) is 2.61. The Morgan fingerprint density at radius 1 is 1.36 bits per heavy atom. The number of benzene rings is 1. The maximum Gasteiger partial charge on any atom is 0.226 e. The summed E-state index contributed by atoms with van der Waals surface area (Å²) in [7, 11) is 0. The number of hydrogen-bond acceptors (Lipinski definition) is 2. The van der Waals surface area contributed by atoms with Gasteiger partial charge in [0.1, 0.15) is 0 Å². The molecule has 1 aliphatic rings. The number of nitrogens with one attached hydrogen (secondary N) is 1. The maximum atomic E-state index is 11.3. The van der Waals surface area contributed by atoms with Crippen molar-refractivity contribution < 1.29 is 9.90 Å². The van der Waals surface area contributed by atoms with Crippen molar-refractivity contribution in [3.05, 3.63) is 35.9 Å². The van der Waals surface area contributed by atoms with Crippen LogP contribution in [0.2, 0.25) is 0 Å². The minimum Gasteiger partial charge on any atom is -0.396 e. The Balaban J connectivity index is 2.13. The Labute approximate surface area is 82.8 Å². The van der Waals surface area contributed by atoms with Crippen molar-refractivity contribution in [2.24, 2.45) is 5.92 Å². The summed E-state index contributed by atoms with van der Waals surface area (Å²) in [5, 5.41) is 11.8. The van der Waals surface area contributed by atoms with Crippen LogP contribution in [0.15, 0.2) is 30.3 Å². The van der Waals surface area contributed by atoms with E-state index in [1.54, 1.807) is 0 Å². The minimum absolute atomic E-state index is 0.0404. The molecule has 2 atom stereocenters. The molecule has 74 valence electrons. The molecule has 0 unspecified atom stereocenters. The van der Waals surface area contributed by atoms with Gasteiger partial charge in [0.15, 0.2) is 0 Å². The second kappa shape index (κ2) is 3.80. The lowest BCUT2D eigenvalue weighted by Crippen LogP contribution is -2.22. The molecule has 1 fully saturated rings. The molecule has 0 radical (unpaired) electrons. The number of aliphatic hydroxyl groups excluding tert-OH is 1. The van der Waals surface area contributed by atoms with E-state index in [-0.39, 0.29) is 24.5 Å². The number of rotatable bonds is 2. The van der Waals surface area contributed by atoms with Crippen molar-refractivity contribution in [2.45, 2.75) is 12.5 Å². The fraction of sp³-hybridized carbons (Fsp3) is 0.364. The number of aliphatic hydroxyl groups is 1. The number of hydrogen-bond donors (Lipinski definition) is 2. The summed E-state index contributed by atoms with van der Waals surface area (Å²) >= 11 is 0. The number of carbonyl (C=O) groups is 1. The molecule has 1 aromatic rings. The normalized spacial score (nSPS) is 26.2. The molecule has 1 heterocycles. The lowest BCUT2D eigenvalue weighted by atomic mass is 10.0. The number of amides is 1. The van der Waals surface area contributed by atoms with Crippen molar-refractivity contribution >= 4 is 5.91 Å². The SMILES string of the molecule is O=C1N[C@H](c2ccccc2)C[C@@H]1CO. The molecule has 3 nitrogen and oxygen atoms in total. The fourth-order valence-corrected chi connectivity index (χ4v) is 1.80. The molecule has 1 amide bonds. The van der Waals surface area contributed by atoms with Gasteiger partial charge in [-0.2, -0.15) is 0 Å². The first kappa shape index (κ1) is 9.21. The summed E-state index contributed by atoms with van der Waals surface area (Å²) in [6.07, 6.45) is 0.694. The van der Waals surface area contributed by atoms with E-state index in [0.29, 0.717) is 6.42 Å². The van der Waals surface area contributed by atoms with Gasteiger partial charge in [0, 0.05) is 0 Å². The summed E-state index contributed by atoms with van der Waals surface area (Å²) in [6.45, 7) is -0.0604. The van der Waals surface area contributed by atoms with E-state index in [0.717, 1.165) is 5.56 Å². The Bertz CT molecular complexity index is 323. The molecule has 1 aromatic carbocycles.